The van der Waals surface area contributed by atoms with Gasteiger partial charge in [-0.05, 0) is 61.3 Å². The SMILES string of the molecule is NC(=S)N/N=C/c1ccc(N2C[C@@H]3CCCN3C[C@@H]2Cc2ccccc2)c(F)c1. The molecule has 0 aromatic heterocycles. The van der Waals surface area contributed by atoms with E-state index in [9.17, 15) is 0 Å². The lowest BCUT2D eigenvalue weighted by Gasteiger charge is -2.45. The number of nitrogens with two attached hydrogens (primary N) is 1. The Morgan fingerprint density at radius 2 is 2.07 bits per heavy atom. The maximum Gasteiger partial charge on any atom is 0.184 e. The monoisotopic (exact) mass is 411 g/mol. The van der Waals surface area contributed by atoms with Crippen molar-refractivity contribution in [1.29, 1.82) is 0 Å². The smallest absolute Gasteiger partial charge is 0.184 e. The highest BCUT2D eigenvalue weighted by atomic mass is 32.1. The van der Waals surface area contributed by atoms with Gasteiger partial charge < -0.3 is 10.6 Å². The van der Waals surface area contributed by atoms with Gasteiger partial charge in [-0.1, -0.05) is 36.4 Å². The largest absolute Gasteiger partial charge is 0.375 e. The van der Waals surface area contributed by atoms with E-state index in [4.69, 9.17) is 18.0 Å². The Labute approximate surface area is 176 Å². The zero-order valence-electron chi connectivity index (χ0n) is 16.3. The maximum atomic E-state index is 15.1. The molecule has 2 heterocycles. The molecule has 5 nitrogen and oxygen atoms in total. The van der Waals surface area contributed by atoms with Crippen LogP contribution in [-0.2, 0) is 6.42 Å². The molecule has 2 fully saturated rings. The molecule has 2 atom stereocenters. The van der Waals surface area contributed by atoms with Crippen LogP contribution in [0.3, 0.4) is 0 Å². The topological polar surface area (TPSA) is 56.9 Å². The Hall–Kier alpha value is -2.51. The highest BCUT2D eigenvalue weighted by molar-refractivity contribution is 7.80. The van der Waals surface area contributed by atoms with Gasteiger partial charge in [0.15, 0.2) is 5.11 Å². The summed E-state index contributed by atoms with van der Waals surface area (Å²) in [5.41, 5.74) is 10.5. The van der Waals surface area contributed by atoms with E-state index in [0.29, 0.717) is 17.3 Å². The zero-order valence-corrected chi connectivity index (χ0v) is 17.1. The third-order valence-corrected chi connectivity index (χ3v) is 5.87. The average Bonchev–Trinajstić information content (AvgIpc) is 3.16. The van der Waals surface area contributed by atoms with Crippen molar-refractivity contribution in [3.8, 4) is 0 Å². The van der Waals surface area contributed by atoms with Crippen molar-refractivity contribution in [3.63, 3.8) is 0 Å². The van der Waals surface area contributed by atoms with Crippen LogP contribution < -0.4 is 16.1 Å². The molecule has 0 spiro atoms. The van der Waals surface area contributed by atoms with Gasteiger partial charge in [-0.15, -0.1) is 0 Å². The lowest BCUT2D eigenvalue weighted by atomic mass is 9.98. The summed E-state index contributed by atoms with van der Waals surface area (Å²) in [5.74, 6) is -0.228. The van der Waals surface area contributed by atoms with Crippen molar-refractivity contribution < 1.29 is 4.39 Å². The van der Waals surface area contributed by atoms with Crippen molar-refractivity contribution in [2.45, 2.75) is 31.3 Å². The Morgan fingerprint density at radius 3 is 2.83 bits per heavy atom. The predicted octanol–water partition coefficient (Wildman–Crippen LogP) is 2.89. The van der Waals surface area contributed by atoms with Crippen LogP contribution in [0.4, 0.5) is 10.1 Å². The van der Waals surface area contributed by atoms with Gasteiger partial charge in [0.25, 0.3) is 0 Å². The Bertz CT molecular complexity index is 888. The summed E-state index contributed by atoms with van der Waals surface area (Å²) in [6.07, 6.45) is 4.84. The molecule has 0 unspecified atom stereocenters. The lowest BCUT2D eigenvalue weighted by Crippen LogP contribution is -2.57. The van der Waals surface area contributed by atoms with E-state index < -0.39 is 0 Å². The van der Waals surface area contributed by atoms with Crippen LogP contribution in [-0.4, -0.2) is 47.9 Å². The summed E-state index contributed by atoms with van der Waals surface area (Å²) in [6.45, 7) is 2.99. The number of benzene rings is 2. The minimum Gasteiger partial charge on any atom is -0.375 e. The molecule has 2 saturated heterocycles. The molecule has 2 aromatic carbocycles. The van der Waals surface area contributed by atoms with Crippen LogP contribution in [0.2, 0.25) is 0 Å². The fourth-order valence-corrected chi connectivity index (χ4v) is 4.50. The molecular weight excluding hydrogens is 385 g/mol. The van der Waals surface area contributed by atoms with Crippen molar-refractivity contribution >= 4 is 29.2 Å². The normalized spacial score (nSPS) is 22.0. The molecule has 3 N–H and O–H groups in total. The van der Waals surface area contributed by atoms with Crippen LogP contribution in [0.5, 0.6) is 0 Å². The first-order chi connectivity index (χ1) is 14.1. The highest BCUT2D eigenvalue weighted by Gasteiger charge is 2.37. The Kier molecular flexibility index (Phi) is 6.06. The third kappa shape index (κ3) is 4.74. The van der Waals surface area contributed by atoms with Crippen molar-refractivity contribution in [1.82, 2.24) is 10.3 Å². The van der Waals surface area contributed by atoms with E-state index in [1.165, 1.54) is 30.7 Å². The van der Waals surface area contributed by atoms with Gasteiger partial charge in [-0.2, -0.15) is 5.10 Å². The number of thiocarbonyl (C=S) groups is 1. The standard InChI is InChI=1S/C22H26FN5S/c23-20-12-17(13-25-26-22(24)29)8-9-21(20)28-15-18-7-4-10-27(18)14-19(28)11-16-5-2-1-3-6-16/h1-3,5-6,8-9,12-13,18-19H,4,7,10-11,14-15H2,(H3,24,26,29)/b25-13+/t18-,19-/m0/s1. The van der Waals surface area contributed by atoms with Crippen LogP contribution in [0.25, 0.3) is 0 Å². The number of hydrazone groups is 1. The summed E-state index contributed by atoms with van der Waals surface area (Å²) in [6, 6.07) is 16.5. The molecule has 4 rings (SSSR count). The number of rotatable bonds is 5. The van der Waals surface area contributed by atoms with E-state index >= 15 is 4.39 Å². The Morgan fingerprint density at radius 1 is 1.24 bits per heavy atom. The minimum absolute atomic E-state index is 0.0801. The van der Waals surface area contributed by atoms with Gasteiger partial charge in [-0.25, -0.2) is 4.39 Å². The molecule has 0 saturated carbocycles. The lowest BCUT2D eigenvalue weighted by molar-refractivity contribution is 0.195. The first kappa shape index (κ1) is 19.8. The van der Waals surface area contributed by atoms with Crippen molar-refractivity contribution in [3.05, 3.63) is 65.5 Å². The van der Waals surface area contributed by atoms with Gasteiger partial charge in [-0.3, -0.25) is 10.3 Å². The van der Waals surface area contributed by atoms with E-state index in [1.54, 1.807) is 0 Å². The summed E-state index contributed by atoms with van der Waals surface area (Å²) in [7, 11) is 0. The molecule has 0 amide bonds. The molecule has 2 aromatic rings. The fraction of sp³-hybridized carbons (Fsp3) is 0.364. The Balaban J connectivity index is 1.57. The molecule has 29 heavy (non-hydrogen) atoms. The number of hydrogen-bond donors (Lipinski definition) is 2. The number of fused-ring (bicyclic) bond motifs is 1. The second-order valence-corrected chi connectivity index (χ2v) is 8.17. The van der Waals surface area contributed by atoms with Crippen molar-refractivity contribution in [2.24, 2.45) is 10.8 Å². The molecule has 2 aliphatic heterocycles. The van der Waals surface area contributed by atoms with E-state index in [2.05, 4.69) is 44.6 Å². The summed E-state index contributed by atoms with van der Waals surface area (Å²) >= 11 is 4.71. The number of anilines is 1. The maximum absolute atomic E-state index is 15.1. The minimum atomic E-state index is -0.228. The zero-order chi connectivity index (χ0) is 20.2. The van der Waals surface area contributed by atoms with E-state index in [-0.39, 0.29) is 17.0 Å². The number of halogens is 1. The first-order valence-corrected chi connectivity index (χ1v) is 10.4. The van der Waals surface area contributed by atoms with Gasteiger partial charge in [0.1, 0.15) is 5.82 Å². The molecular formula is C22H26FN5S. The number of hydrogen-bond acceptors (Lipinski definition) is 4. The average molecular weight is 412 g/mol. The first-order valence-electron chi connectivity index (χ1n) is 10.0. The summed E-state index contributed by atoms with van der Waals surface area (Å²) < 4.78 is 15.1. The van der Waals surface area contributed by atoms with Crippen LogP contribution in [0.1, 0.15) is 24.0 Å². The molecule has 0 radical (unpaired) electrons. The molecule has 7 heteroatoms. The number of nitrogens with one attached hydrogen (secondary N) is 1. The van der Waals surface area contributed by atoms with E-state index in [0.717, 1.165) is 26.1 Å². The van der Waals surface area contributed by atoms with Crippen LogP contribution in [0.15, 0.2) is 53.6 Å². The predicted molar refractivity (Wildman–Crippen MR) is 120 cm³/mol. The second-order valence-electron chi connectivity index (χ2n) is 7.73. The third-order valence-electron chi connectivity index (χ3n) is 5.78. The quantitative estimate of drug-likeness (QED) is 0.450. The fourth-order valence-electron chi connectivity index (χ4n) is 4.45. The number of nitrogens with zero attached hydrogens (tertiary/aromatic N) is 3. The molecule has 2 aliphatic rings. The highest BCUT2D eigenvalue weighted by Crippen LogP contribution is 2.31. The molecule has 0 aliphatic carbocycles. The molecule has 152 valence electrons. The van der Waals surface area contributed by atoms with E-state index in [1.807, 2.05) is 18.2 Å². The summed E-state index contributed by atoms with van der Waals surface area (Å²) in [5, 5.41) is 3.99. The van der Waals surface area contributed by atoms with Gasteiger partial charge in [0.05, 0.1) is 11.9 Å². The number of piperazine rings is 1. The molecule has 0 bridgehead atoms. The van der Waals surface area contributed by atoms with Gasteiger partial charge in [0, 0.05) is 25.2 Å². The van der Waals surface area contributed by atoms with Crippen molar-refractivity contribution in [2.75, 3.05) is 24.5 Å². The van der Waals surface area contributed by atoms with Crippen LogP contribution in [0, 0.1) is 5.82 Å². The second kappa shape index (κ2) is 8.88. The van der Waals surface area contributed by atoms with Crippen LogP contribution >= 0.6 is 12.2 Å². The van der Waals surface area contributed by atoms with Gasteiger partial charge >= 0.3 is 0 Å². The van der Waals surface area contributed by atoms with Gasteiger partial charge in [0.2, 0.25) is 0 Å². The summed E-state index contributed by atoms with van der Waals surface area (Å²) in [4.78, 5) is 4.84.